The standard InChI is InChI=1S/2Mg.2Sn.12H/q2*+2;;;;;;;;;;;4*-1. The quantitative estimate of drug-likeness (QED) is 0.413. The maximum absolute atomic E-state index is 0. The van der Waals surface area contributed by atoms with E-state index in [2.05, 4.69) is 0 Å². The Balaban J connectivity index is 0. The normalized spacial score (nSPS) is 0. The van der Waals surface area contributed by atoms with Crippen molar-refractivity contribution < 1.29 is 5.71 Å². The minimum absolute atomic E-state index is 0. The molecule has 0 saturated carbocycles. The molecule has 0 spiro atoms. The third-order valence-corrected chi connectivity index (χ3v) is 0. The molecule has 0 N–H and O–H groups in total. The molecule has 0 saturated heterocycles. The molecule has 0 unspecified atom stereocenters. The maximum atomic E-state index is 0. The molecular formula is H12Mg2Sn2. The number of rotatable bonds is 0. The fraction of sp³-hybridized carbons (Fsp3) is 0. The molecule has 0 aromatic heterocycles. The average molecular weight is 298 g/mol. The topological polar surface area (TPSA) is 0 Å². The minimum atomic E-state index is 0. The molecule has 0 aliphatic heterocycles. The molecule has 0 atom stereocenters. The Labute approximate surface area is 98.0 Å². The Morgan fingerprint density at radius 1 is 0.750 bits per heavy atom. The van der Waals surface area contributed by atoms with Gasteiger partial charge in [0.15, 0.2) is 0 Å². The van der Waals surface area contributed by atoms with E-state index in [1.165, 1.54) is 0 Å². The van der Waals surface area contributed by atoms with Gasteiger partial charge >= 0.3 is 93.9 Å². The van der Waals surface area contributed by atoms with Crippen LogP contribution < -0.4 is 0 Å². The zero-order chi connectivity index (χ0) is 0. The Morgan fingerprint density at radius 3 is 0.750 bits per heavy atom. The molecule has 0 aromatic rings. The first kappa shape index (κ1) is 27.3. The van der Waals surface area contributed by atoms with E-state index in [4.69, 9.17) is 0 Å². The van der Waals surface area contributed by atoms with Gasteiger partial charge in [0.25, 0.3) is 0 Å². The van der Waals surface area contributed by atoms with Crippen LogP contribution in [0.1, 0.15) is 5.71 Å². The van der Waals surface area contributed by atoms with Gasteiger partial charge in [-0.1, -0.05) is 0 Å². The fourth-order valence-electron chi connectivity index (χ4n) is 0. The molecule has 0 fully saturated rings. The van der Waals surface area contributed by atoms with Gasteiger partial charge in [-0.05, 0) is 0 Å². The van der Waals surface area contributed by atoms with Crippen molar-refractivity contribution >= 4 is 93.9 Å². The molecule has 0 rings (SSSR count). The zero-order valence-corrected chi connectivity index (χ0v) is 4.24. The molecule has 24 valence electrons. The van der Waals surface area contributed by atoms with Crippen LogP contribution in [0, 0.1) is 0 Å². The average Bonchev–Trinajstić information content (AvgIpc) is 0. The summed E-state index contributed by atoms with van der Waals surface area (Å²) in [4.78, 5) is 0. The fourth-order valence-corrected chi connectivity index (χ4v) is 0. The van der Waals surface area contributed by atoms with Gasteiger partial charge < -0.3 is 5.71 Å². The van der Waals surface area contributed by atoms with Crippen molar-refractivity contribution in [1.29, 1.82) is 0 Å². The van der Waals surface area contributed by atoms with Crippen molar-refractivity contribution in [3.8, 4) is 0 Å². The summed E-state index contributed by atoms with van der Waals surface area (Å²) in [5.41, 5.74) is 0. The van der Waals surface area contributed by atoms with E-state index >= 15 is 0 Å². The molecule has 0 amide bonds. The third kappa shape index (κ3) is 8.93. The second-order valence-corrected chi connectivity index (χ2v) is 0. The van der Waals surface area contributed by atoms with Gasteiger partial charge in [-0.3, -0.25) is 0 Å². The van der Waals surface area contributed by atoms with Crippen LogP contribution >= 0.6 is 0 Å². The van der Waals surface area contributed by atoms with E-state index < -0.39 is 0 Å². The molecule has 0 aliphatic rings. The molecule has 4 heteroatoms. The van der Waals surface area contributed by atoms with Crippen LogP contribution in [0.3, 0.4) is 0 Å². The Morgan fingerprint density at radius 2 is 0.750 bits per heavy atom. The Bertz CT molecular complexity index is 12.0. The van der Waals surface area contributed by atoms with Crippen LogP contribution in [-0.4, -0.2) is 93.9 Å². The molecule has 0 heterocycles. The molecule has 4 heavy (non-hydrogen) atoms. The van der Waals surface area contributed by atoms with Crippen LogP contribution in [0.15, 0.2) is 0 Å². The summed E-state index contributed by atoms with van der Waals surface area (Å²) in [7, 11) is 0. The molecule has 0 aliphatic carbocycles. The van der Waals surface area contributed by atoms with Gasteiger partial charge in [-0.2, -0.15) is 0 Å². The molecular weight excluding hydrogens is 286 g/mol. The van der Waals surface area contributed by atoms with E-state index in [1.54, 1.807) is 0 Å². The van der Waals surface area contributed by atoms with Gasteiger partial charge in [-0.25, -0.2) is 0 Å². The van der Waals surface area contributed by atoms with E-state index in [0.29, 0.717) is 0 Å². The second kappa shape index (κ2) is 16.5. The molecule has 0 bridgehead atoms. The van der Waals surface area contributed by atoms with Gasteiger partial charge in [-0.15, -0.1) is 0 Å². The Kier molecular flexibility index (Phi) is 113. The second-order valence-electron chi connectivity index (χ2n) is 0. The van der Waals surface area contributed by atoms with E-state index in [0.717, 1.165) is 0 Å². The first-order valence-corrected chi connectivity index (χ1v) is 0. The van der Waals surface area contributed by atoms with Gasteiger partial charge in [0.2, 0.25) is 0 Å². The zero-order valence-electron chi connectivity index (χ0n) is 5.41. The predicted molar refractivity (Wildman–Crippen MR) is 38.6 cm³/mol. The first-order valence-electron chi connectivity index (χ1n) is 0. The van der Waals surface area contributed by atoms with E-state index in [1.807, 2.05) is 0 Å². The van der Waals surface area contributed by atoms with Gasteiger partial charge in [0.1, 0.15) is 0 Å². The molecule has 0 aromatic carbocycles. The SMILES string of the molecule is [H-].[H-].[H-].[H-].[Mg+2].[Mg+2].[SnH4].[SnH4]. The van der Waals surface area contributed by atoms with Crippen molar-refractivity contribution in [3.05, 3.63) is 0 Å². The van der Waals surface area contributed by atoms with Crippen LogP contribution in [-0.2, 0) is 0 Å². The summed E-state index contributed by atoms with van der Waals surface area (Å²) in [6, 6.07) is 0. The van der Waals surface area contributed by atoms with Crippen molar-refractivity contribution in [2.45, 2.75) is 0 Å². The van der Waals surface area contributed by atoms with Gasteiger partial charge in [0.05, 0.1) is 0 Å². The third-order valence-electron chi connectivity index (χ3n) is 0. The van der Waals surface area contributed by atoms with Crippen molar-refractivity contribution in [2.75, 3.05) is 0 Å². The van der Waals surface area contributed by atoms with Crippen LogP contribution in [0.4, 0.5) is 0 Å². The summed E-state index contributed by atoms with van der Waals surface area (Å²) in [5.74, 6) is 0. The summed E-state index contributed by atoms with van der Waals surface area (Å²) in [6.45, 7) is 0. The number of hydrogen-bond acceptors (Lipinski definition) is 0. The van der Waals surface area contributed by atoms with Crippen LogP contribution in [0.25, 0.3) is 0 Å². The molecule has 0 radical (unpaired) electrons. The first-order chi connectivity index (χ1) is 0. The monoisotopic (exact) mass is 300 g/mol. The van der Waals surface area contributed by atoms with Gasteiger partial charge in [0, 0.05) is 0 Å². The predicted octanol–water partition coefficient (Wildman–Crippen LogP) is -3.21. The Hall–Kier alpha value is 3.13. The summed E-state index contributed by atoms with van der Waals surface area (Å²) >= 11 is 0. The van der Waals surface area contributed by atoms with Crippen molar-refractivity contribution in [2.24, 2.45) is 0 Å². The summed E-state index contributed by atoms with van der Waals surface area (Å²) < 4.78 is 0. The summed E-state index contributed by atoms with van der Waals surface area (Å²) in [5, 5.41) is 0. The van der Waals surface area contributed by atoms with Crippen LogP contribution in [0.5, 0.6) is 0 Å². The van der Waals surface area contributed by atoms with Crippen molar-refractivity contribution in [1.82, 2.24) is 0 Å². The number of hydrogen-bond donors (Lipinski definition) is 0. The van der Waals surface area contributed by atoms with Crippen molar-refractivity contribution in [3.63, 3.8) is 0 Å². The van der Waals surface area contributed by atoms with Crippen LogP contribution in [0.2, 0.25) is 0 Å². The summed E-state index contributed by atoms with van der Waals surface area (Å²) in [6.07, 6.45) is 0. The van der Waals surface area contributed by atoms with E-state index in [-0.39, 0.29) is 99.6 Å². The molecule has 0 nitrogen and oxygen atoms in total. The van der Waals surface area contributed by atoms with E-state index in [9.17, 15) is 0 Å².